The third-order valence-electron chi connectivity index (χ3n) is 4.52. The fraction of sp³-hybridized carbons (Fsp3) is 0.850. The molecule has 5 unspecified atom stereocenters. The average Bonchev–Trinajstić information content (AvgIpc) is 2.67. The molecule has 11 heteroatoms. The fourth-order valence-corrected chi connectivity index (χ4v) is 2.73. The van der Waals surface area contributed by atoms with Gasteiger partial charge in [-0.3, -0.25) is 13.8 Å². The number of carbonyl (C=O) groups excluding carboxylic acids is 3. The molecule has 4 N–H and O–H groups in total. The zero-order valence-electron chi connectivity index (χ0n) is 18.9. The third kappa shape index (κ3) is 11.6. The molecule has 31 heavy (non-hydrogen) atoms. The van der Waals surface area contributed by atoms with E-state index in [9.17, 15) is 24.6 Å². The van der Waals surface area contributed by atoms with Crippen LogP contribution < -0.4 is 10.6 Å². The van der Waals surface area contributed by atoms with Gasteiger partial charge >= 0.3 is 6.09 Å². The second-order valence-corrected chi connectivity index (χ2v) is 8.44. The van der Waals surface area contributed by atoms with E-state index in [-0.39, 0.29) is 26.5 Å². The van der Waals surface area contributed by atoms with Crippen molar-refractivity contribution in [1.82, 2.24) is 15.5 Å². The molecule has 0 heterocycles. The standard InChI is InChI=1S/C19H37N3O7S.CH4/c1-8-30-28-10-22(18(26)17(11(2)3)29-19(27)20-7)13(5)15(24)9-16(25)21-12(4)14(6)23;/h11-15,17,23-24H,8-10H2,1-7H3,(H,20,27)(H,21,25);1H4. The van der Waals surface area contributed by atoms with Crippen molar-refractivity contribution in [2.45, 2.75) is 85.8 Å². The van der Waals surface area contributed by atoms with Gasteiger partial charge < -0.3 is 30.5 Å². The maximum atomic E-state index is 13.1. The van der Waals surface area contributed by atoms with Crippen molar-refractivity contribution in [3.05, 3.63) is 0 Å². The fourth-order valence-electron chi connectivity index (χ4n) is 2.37. The number of aliphatic hydroxyl groups excluding tert-OH is 2. The summed E-state index contributed by atoms with van der Waals surface area (Å²) in [5.41, 5.74) is 0. The molecule has 0 aliphatic rings. The van der Waals surface area contributed by atoms with Gasteiger partial charge in [-0.05, 0) is 38.7 Å². The lowest BCUT2D eigenvalue weighted by molar-refractivity contribution is -0.151. The molecule has 0 aliphatic carbocycles. The molecule has 0 aromatic rings. The third-order valence-corrected chi connectivity index (χ3v) is 5.03. The zero-order valence-corrected chi connectivity index (χ0v) is 19.7. The zero-order chi connectivity index (χ0) is 23.4. The number of ether oxygens (including phenoxy) is 1. The van der Waals surface area contributed by atoms with Gasteiger partial charge in [0, 0.05) is 12.8 Å². The highest BCUT2D eigenvalue weighted by atomic mass is 32.2. The number of hydrogen-bond donors (Lipinski definition) is 4. The number of hydrogen-bond acceptors (Lipinski definition) is 8. The maximum absolute atomic E-state index is 13.1. The summed E-state index contributed by atoms with van der Waals surface area (Å²) in [4.78, 5) is 38.2. The van der Waals surface area contributed by atoms with Gasteiger partial charge in [0.2, 0.25) is 5.91 Å². The molecule has 0 aromatic heterocycles. The van der Waals surface area contributed by atoms with E-state index < -0.39 is 48.3 Å². The van der Waals surface area contributed by atoms with Crippen LogP contribution in [0.2, 0.25) is 0 Å². The Morgan fingerprint density at radius 2 is 1.68 bits per heavy atom. The van der Waals surface area contributed by atoms with Crippen LogP contribution in [0.4, 0.5) is 4.79 Å². The van der Waals surface area contributed by atoms with Gasteiger partial charge in [0.15, 0.2) is 6.10 Å². The normalized spacial score (nSPS) is 15.7. The molecular formula is C20H41N3O7S. The number of rotatable bonds is 13. The van der Waals surface area contributed by atoms with Crippen molar-refractivity contribution in [2.24, 2.45) is 5.92 Å². The topological polar surface area (TPSA) is 137 Å². The van der Waals surface area contributed by atoms with Gasteiger partial charge in [-0.15, -0.1) is 0 Å². The minimum Gasteiger partial charge on any atom is -0.436 e. The molecule has 0 bridgehead atoms. The lowest BCUT2D eigenvalue weighted by atomic mass is 10.0. The summed E-state index contributed by atoms with van der Waals surface area (Å²) in [6, 6.07) is -1.27. The molecule has 0 spiro atoms. The van der Waals surface area contributed by atoms with E-state index in [4.69, 9.17) is 8.92 Å². The Morgan fingerprint density at radius 1 is 1.10 bits per heavy atom. The number of amides is 3. The van der Waals surface area contributed by atoms with Crippen molar-refractivity contribution in [3.63, 3.8) is 0 Å². The number of nitrogens with one attached hydrogen (secondary N) is 2. The van der Waals surface area contributed by atoms with Crippen LogP contribution >= 0.6 is 12.0 Å². The molecule has 3 amide bonds. The molecule has 0 radical (unpaired) electrons. The molecule has 0 aromatic carbocycles. The maximum Gasteiger partial charge on any atom is 0.407 e. The molecule has 0 saturated heterocycles. The molecule has 0 rings (SSSR count). The molecule has 0 aliphatic heterocycles. The summed E-state index contributed by atoms with van der Waals surface area (Å²) >= 11 is 1.14. The Kier molecular flexibility index (Phi) is 16.5. The van der Waals surface area contributed by atoms with E-state index >= 15 is 0 Å². The Hall–Kier alpha value is -1.56. The van der Waals surface area contributed by atoms with E-state index in [1.54, 1.807) is 34.6 Å². The highest BCUT2D eigenvalue weighted by Crippen LogP contribution is 2.18. The Bertz CT molecular complexity index is 549. The van der Waals surface area contributed by atoms with Gasteiger partial charge in [0.05, 0.1) is 30.7 Å². The van der Waals surface area contributed by atoms with Crippen molar-refractivity contribution in [3.8, 4) is 0 Å². The number of nitrogens with zero attached hydrogens (tertiary/aromatic N) is 1. The number of carbonyl (C=O) groups is 3. The minimum atomic E-state index is -1.20. The number of aliphatic hydroxyl groups is 2. The van der Waals surface area contributed by atoms with Crippen LogP contribution in [-0.4, -0.2) is 82.9 Å². The van der Waals surface area contributed by atoms with Crippen LogP contribution in [0, 0.1) is 5.92 Å². The van der Waals surface area contributed by atoms with Crippen LogP contribution in [-0.2, 0) is 18.5 Å². The van der Waals surface area contributed by atoms with Crippen molar-refractivity contribution in [1.29, 1.82) is 0 Å². The predicted octanol–water partition coefficient (Wildman–Crippen LogP) is 1.50. The quantitative estimate of drug-likeness (QED) is 0.182. The first-order valence-electron chi connectivity index (χ1n) is 10.0. The molecule has 184 valence electrons. The van der Waals surface area contributed by atoms with Gasteiger partial charge in [-0.1, -0.05) is 28.2 Å². The van der Waals surface area contributed by atoms with Crippen LogP contribution in [0.1, 0.15) is 55.4 Å². The summed E-state index contributed by atoms with van der Waals surface area (Å²) in [7, 11) is 1.39. The van der Waals surface area contributed by atoms with Gasteiger partial charge in [-0.25, -0.2) is 4.79 Å². The van der Waals surface area contributed by atoms with Gasteiger partial charge in [0.25, 0.3) is 5.91 Å². The van der Waals surface area contributed by atoms with E-state index in [1.165, 1.54) is 11.9 Å². The second kappa shape index (κ2) is 16.1. The van der Waals surface area contributed by atoms with Crippen LogP contribution in [0.5, 0.6) is 0 Å². The summed E-state index contributed by atoms with van der Waals surface area (Å²) < 4.78 is 10.6. The Labute approximate surface area is 190 Å². The highest BCUT2D eigenvalue weighted by Gasteiger charge is 2.36. The van der Waals surface area contributed by atoms with E-state index in [0.717, 1.165) is 12.0 Å². The van der Waals surface area contributed by atoms with Crippen LogP contribution in [0.15, 0.2) is 0 Å². The first-order valence-corrected chi connectivity index (χ1v) is 11.0. The molecule has 0 fully saturated rings. The molecule has 10 nitrogen and oxygen atoms in total. The summed E-state index contributed by atoms with van der Waals surface area (Å²) in [6.07, 6.45) is -4.04. The van der Waals surface area contributed by atoms with Gasteiger partial charge in [0.1, 0.15) is 6.73 Å². The Balaban J connectivity index is 0. The van der Waals surface area contributed by atoms with Crippen molar-refractivity contribution in [2.75, 3.05) is 19.5 Å². The van der Waals surface area contributed by atoms with Gasteiger partial charge in [-0.2, -0.15) is 0 Å². The Morgan fingerprint density at radius 3 is 2.13 bits per heavy atom. The lowest BCUT2D eigenvalue weighted by Gasteiger charge is -2.35. The van der Waals surface area contributed by atoms with Crippen LogP contribution in [0.25, 0.3) is 0 Å². The molecule has 5 atom stereocenters. The van der Waals surface area contributed by atoms with Crippen molar-refractivity contribution < 1.29 is 33.5 Å². The summed E-state index contributed by atoms with van der Waals surface area (Å²) in [5.74, 6) is -0.660. The summed E-state index contributed by atoms with van der Waals surface area (Å²) in [6.45, 7) is 9.98. The van der Waals surface area contributed by atoms with Crippen LogP contribution in [0.3, 0.4) is 0 Å². The minimum absolute atomic E-state index is 0. The first-order chi connectivity index (χ1) is 14.0. The first kappa shape index (κ1) is 31.6. The predicted molar refractivity (Wildman–Crippen MR) is 121 cm³/mol. The van der Waals surface area contributed by atoms with Crippen molar-refractivity contribution >= 4 is 30.0 Å². The average molecular weight is 468 g/mol. The lowest BCUT2D eigenvalue weighted by Crippen LogP contribution is -2.53. The van der Waals surface area contributed by atoms with E-state index in [1.807, 2.05) is 6.92 Å². The van der Waals surface area contributed by atoms with E-state index in [2.05, 4.69) is 10.6 Å². The highest BCUT2D eigenvalue weighted by molar-refractivity contribution is 7.94. The SMILES string of the molecule is C.CCSOCN(C(=O)C(OC(=O)NC)C(C)C)C(C)C(O)CC(=O)NC(C)C(C)O. The molecule has 0 saturated carbocycles. The second-order valence-electron chi connectivity index (χ2n) is 7.39. The number of alkyl carbamates (subject to hydrolysis) is 1. The molecular weight excluding hydrogens is 426 g/mol. The largest absolute Gasteiger partial charge is 0.436 e. The van der Waals surface area contributed by atoms with E-state index in [0.29, 0.717) is 5.75 Å². The summed E-state index contributed by atoms with van der Waals surface area (Å²) in [5, 5.41) is 25.0. The monoisotopic (exact) mass is 467 g/mol. The smallest absolute Gasteiger partial charge is 0.407 e.